The summed E-state index contributed by atoms with van der Waals surface area (Å²) in [6.07, 6.45) is 1.03. The Kier molecular flexibility index (Phi) is 5.47. The lowest BCUT2D eigenvalue weighted by molar-refractivity contribution is -0.181. The summed E-state index contributed by atoms with van der Waals surface area (Å²) in [5.41, 5.74) is 1.62. The highest BCUT2D eigenvalue weighted by Crippen LogP contribution is 2.56. The lowest BCUT2D eigenvalue weighted by Crippen LogP contribution is -2.64. The van der Waals surface area contributed by atoms with E-state index in [1.165, 1.54) is 6.07 Å². The molecule has 0 bridgehead atoms. The summed E-state index contributed by atoms with van der Waals surface area (Å²) < 4.78 is 5.92. The standard InChI is InChI=1S/C26H27NO9/c1-10-12-7-4-8-14(28)17(12)20(30)19-16(10)21(36-25(34)11-5-2-3-6-11)13-9-15(29)18(24(27)33)22(31)26(13,35)23(19)32/h4,7-8,10-11,13,16,21,28,30-31,35H,2-3,5-6,9H2,1H3,(H2,27,33)/t10-,13+,16+,21+,26+/m0/s1. The van der Waals surface area contributed by atoms with Gasteiger partial charge in [-0.3, -0.25) is 19.2 Å². The first-order valence-corrected chi connectivity index (χ1v) is 12.0. The summed E-state index contributed by atoms with van der Waals surface area (Å²) in [4.78, 5) is 51.7. The second kappa shape index (κ2) is 8.19. The summed E-state index contributed by atoms with van der Waals surface area (Å²) in [6.45, 7) is 1.72. The van der Waals surface area contributed by atoms with Gasteiger partial charge in [0.15, 0.2) is 11.4 Å². The van der Waals surface area contributed by atoms with Crippen molar-refractivity contribution < 1.29 is 44.3 Å². The van der Waals surface area contributed by atoms with E-state index in [0.717, 1.165) is 12.8 Å². The number of carbonyl (C=O) groups excluding carboxylic acids is 4. The fraction of sp³-hybridized carbons (Fsp3) is 0.462. The van der Waals surface area contributed by atoms with Gasteiger partial charge in [-0.05, 0) is 30.4 Å². The minimum Gasteiger partial charge on any atom is -0.508 e. The normalized spacial score (nSPS) is 32.2. The van der Waals surface area contributed by atoms with E-state index in [1.807, 2.05) is 0 Å². The van der Waals surface area contributed by atoms with E-state index >= 15 is 0 Å². The van der Waals surface area contributed by atoms with Crippen LogP contribution in [0.1, 0.15) is 56.1 Å². The molecule has 0 unspecified atom stereocenters. The number of esters is 1. The molecule has 2 saturated carbocycles. The number of fused-ring (bicyclic) bond motifs is 3. The third kappa shape index (κ3) is 3.13. The maximum Gasteiger partial charge on any atom is 0.309 e. The molecule has 6 N–H and O–H groups in total. The van der Waals surface area contributed by atoms with Crippen LogP contribution in [-0.2, 0) is 23.9 Å². The quantitative estimate of drug-likeness (QED) is 0.306. The number of hydrogen-bond donors (Lipinski definition) is 5. The first-order valence-electron chi connectivity index (χ1n) is 12.0. The van der Waals surface area contributed by atoms with Crippen LogP contribution in [0.4, 0.5) is 0 Å². The highest BCUT2D eigenvalue weighted by molar-refractivity contribution is 6.23. The Hall–Kier alpha value is -3.66. The number of carbonyl (C=O) groups is 4. The molecular weight excluding hydrogens is 470 g/mol. The van der Waals surface area contributed by atoms with Crippen LogP contribution in [0.25, 0.3) is 5.76 Å². The van der Waals surface area contributed by atoms with Gasteiger partial charge in [0.25, 0.3) is 5.91 Å². The zero-order valence-electron chi connectivity index (χ0n) is 19.6. The molecule has 5 atom stereocenters. The number of hydrogen-bond acceptors (Lipinski definition) is 9. The average molecular weight is 498 g/mol. The summed E-state index contributed by atoms with van der Waals surface area (Å²) in [7, 11) is 0. The van der Waals surface area contributed by atoms with Crippen molar-refractivity contribution in [1.29, 1.82) is 0 Å². The Morgan fingerprint density at radius 1 is 1.11 bits per heavy atom. The number of nitrogens with two attached hydrogens (primary N) is 1. The number of amides is 1. The van der Waals surface area contributed by atoms with Gasteiger partial charge in [0.05, 0.1) is 11.5 Å². The molecule has 10 nitrogen and oxygen atoms in total. The number of Topliss-reactive ketones (excluding diaryl/α,β-unsaturated/α-hetero) is 2. The first kappa shape index (κ1) is 24.1. The van der Waals surface area contributed by atoms with Crippen molar-refractivity contribution in [3.05, 3.63) is 46.2 Å². The van der Waals surface area contributed by atoms with Crippen molar-refractivity contribution >= 4 is 29.2 Å². The second-order valence-corrected chi connectivity index (χ2v) is 10.1. The van der Waals surface area contributed by atoms with Crippen LogP contribution in [-0.4, -0.2) is 55.6 Å². The third-order valence-corrected chi connectivity index (χ3v) is 8.28. The molecule has 0 radical (unpaired) electrons. The van der Waals surface area contributed by atoms with Crippen molar-refractivity contribution in [2.24, 2.45) is 23.5 Å². The molecule has 2 fully saturated rings. The summed E-state index contributed by atoms with van der Waals surface area (Å²) in [6, 6.07) is 4.55. The van der Waals surface area contributed by atoms with Gasteiger partial charge in [0.1, 0.15) is 28.9 Å². The molecular formula is C26H27NO9. The number of phenolic OH excluding ortho intramolecular Hbond substituents is 1. The van der Waals surface area contributed by atoms with Gasteiger partial charge in [0, 0.05) is 23.8 Å². The Balaban J connectivity index is 1.74. The maximum atomic E-state index is 13.8. The summed E-state index contributed by atoms with van der Waals surface area (Å²) >= 11 is 0. The van der Waals surface area contributed by atoms with Gasteiger partial charge in [0.2, 0.25) is 5.78 Å². The van der Waals surface area contributed by atoms with E-state index in [1.54, 1.807) is 19.1 Å². The number of aromatic hydroxyl groups is 1. The largest absolute Gasteiger partial charge is 0.508 e. The predicted molar refractivity (Wildman–Crippen MR) is 123 cm³/mol. The maximum absolute atomic E-state index is 13.8. The Morgan fingerprint density at radius 2 is 1.78 bits per heavy atom. The van der Waals surface area contributed by atoms with Gasteiger partial charge in [-0.1, -0.05) is 31.9 Å². The number of ketones is 2. The van der Waals surface area contributed by atoms with Crippen LogP contribution < -0.4 is 5.73 Å². The van der Waals surface area contributed by atoms with E-state index in [2.05, 4.69) is 0 Å². The van der Waals surface area contributed by atoms with Crippen LogP contribution in [0.3, 0.4) is 0 Å². The van der Waals surface area contributed by atoms with E-state index < -0.39 is 82.3 Å². The minimum absolute atomic E-state index is 0.0157. The lowest BCUT2D eigenvalue weighted by Gasteiger charge is -2.51. The Bertz CT molecular complexity index is 1270. The number of aliphatic hydroxyl groups is 3. The fourth-order valence-corrected chi connectivity index (χ4v) is 6.47. The van der Waals surface area contributed by atoms with Crippen LogP contribution in [0, 0.1) is 17.8 Å². The van der Waals surface area contributed by atoms with Gasteiger partial charge in [-0.25, -0.2) is 0 Å². The topological polar surface area (TPSA) is 184 Å². The SMILES string of the molecule is C[C@H]1c2cccc(O)c2C(O)=C2C(=O)[C@]3(O)C(O)=C(C(N)=O)C(=O)C[C@@H]3[C@@H](OC(=O)C3CCCC3)[C@@H]21. The molecule has 36 heavy (non-hydrogen) atoms. The smallest absolute Gasteiger partial charge is 0.309 e. The van der Waals surface area contributed by atoms with Crippen LogP contribution in [0.5, 0.6) is 5.75 Å². The molecule has 190 valence electrons. The molecule has 1 amide bonds. The summed E-state index contributed by atoms with van der Waals surface area (Å²) in [5, 5.41) is 44.2. The molecule has 5 rings (SSSR count). The molecule has 4 aliphatic rings. The molecule has 0 aliphatic heterocycles. The average Bonchev–Trinajstić information content (AvgIpc) is 3.36. The molecule has 0 aromatic heterocycles. The molecule has 1 aromatic rings. The summed E-state index contributed by atoms with van der Waals surface area (Å²) in [5.74, 6) is -9.46. The molecule has 4 aliphatic carbocycles. The van der Waals surface area contributed by atoms with E-state index in [0.29, 0.717) is 18.4 Å². The first-order chi connectivity index (χ1) is 17.0. The minimum atomic E-state index is -2.85. The van der Waals surface area contributed by atoms with Crippen molar-refractivity contribution in [3.63, 3.8) is 0 Å². The Labute approximate surface area is 206 Å². The number of ether oxygens (including phenoxy) is 1. The van der Waals surface area contributed by atoms with E-state index in [9.17, 15) is 39.6 Å². The number of phenols is 1. The zero-order chi connectivity index (χ0) is 26.1. The molecule has 0 spiro atoms. The number of benzene rings is 1. The van der Waals surface area contributed by atoms with Crippen LogP contribution >= 0.6 is 0 Å². The monoisotopic (exact) mass is 497 g/mol. The Morgan fingerprint density at radius 3 is 2.42 bits per heavy atom. The number of rotatable bonds is 3. The van der Waals surface area contributed by atoms with Gasteiger partial charge in [-0.2, -0.15) is 0 Å². The van der Waals surface area contributed by atoms with E-state index in [-0.39, 0.29) is 16.9 Å². The lowest BCUT2D eigenvalue weighted by atomic mass is 9.55. The number of primary amides is 1. The molecule has 0 saturated heterocycles. The van der Waals surface area contributed by atoms with E-state index in [4.69, 9.17) is 10.5 Å². The third-order valence-electron chi connectivity index (χ3n) is 8.28. The van der Waals surface area contributed by atoms with Crippen molar-refractivity contribution in [3.8, 4) is 5.75 Å². The highest BCUT2D eigenvalue weighted by atomic mass is 16.5. The van der Waals surface area contributed by atoms with Gasteiger partial charge < -0.3 is 30.9 Å². The number of aliphatic hydroxyl groups excluding tert-OH is 2. The molecule has 10 heteroatoms. The second-order valence-electron chi connectivity index (χ2n) is 10.1. The van der Waals surface area contributed by atoms with Crippen LogP contribution in [0.15, 0.2) is 35.1 Å². The molecule has 1 aromatic carbocycles. The van der Waals surface area contributed by atoms with Crippen molar-refractivity contribution in [2.45, 2.75) is 56.7 Å². The van der Waals surface area contributed by atoms with Crippen molar-refractivity contribution in [2.75, 3.05) is 0 Å². The van der Waals surface area contributed by atoms with Gasteiger partial charge >= 0.3 is 5.97 Å². The van der Waals surface area contributed by atoms with Crippen LogP contribution in [0.2, 0.25) is 0 Å². The predicted octanol–water partition coefficient (Wildman–Crippen LogP) is 1.70. The van der Waals surface area contributed by atoms with Gasteiger partial charge in [-0.15, -0.1) is 0 Å². The molecule has 0 heterocycles. The van der Waals surface area contributed by atoms with Crippen molar-refractivity contribution in [1.82, 2.24) is 0 Å². The fourth-order valence-electron chi connectivity index (χ4n) is 6.47. The highest BCUT2D eigenvalue weighted by Gasteiger charge is 2.66. The zero-order valence-corrected chi connectivity index (χ0v) is 19.6.